The SMILES string of the molecule is Cc1ccc2c(n1)OCC(CO)O2. The molecular formula is C9H11NO3. The molecule has 4 heteroatoms. The van der Waals surface area contributed by atoms with Crippen molar-refractivity contribution in [1.82, 2.24) is 4.98 Å². The molecule has 0 fully saturated rings. The zero-order valence-corrected chi connectivity index (χ0v) is 7.36. The van der Waals surface area contributed by atoms with Crippen LogP contribution in [-0.2, 0) is 0 Å². The van der Waals surface area contributed by atoms with Crippen LogP contribution in [0.1, 0.15) is 5.69 Å². The predicted molar refractivity (Wildman–Crippen MR) is 46.0 cm³/mol. The molecule has 0 bridgehead atoms. The van der Waals surface area contributed by atoms with E-state index in [2.05, 4.69) is 4.98 Å². The molecule has 0 radical (unpaired) electrons. The van der Waals surface area contributed by atoms with Gasteiger partial charge in [-0.15, -0.1) is 0 Å². The lowest BCUT2D eigenvalue weighted by molar-refractivity contribution is 0.0423. The van der Waals surface area contributed by atoms with E-state index in [-0.39, 0.29) is 12.7 Å². The van der Waals surface area contributed by atoms with Gasteiger partial charge in [0.2, 0.25) is 0 Å². The molecule has 2 rings (SSSR count). The summed E-state index contributed by atoms with van der Waals surface area (Å²) in [4.78, 5) is 4.15. The summed E-state index contributed by atoms with van der Waals surface area (Å²) >= 11 is 0. The first-order valence-electron chi connectivity index (χ1n) is 4.17. The topological polar surface area (TPSA) is 51.6 Å². The van der Waals surface area contributed by atoms with E-state index in [0.717, 1.165) is 5.69 Å². The molecule has 1 aromatic heterocycles. The van der Waals surface area contributed by atoms with Crippen LogP contribution in [-0.4, -0.2) is 29.4 Å². The molecule has 1 aliphatic heterocycles. The van der Waals surface area contributed by atoms with Crippen molar-refractivity contribution in [3.8, 4) is 11.6 Å². The van der Waals surface area contributed by atoms with Gasteiger partial charge in [-0.2, -0.15) is 0 Å². The molecule has 0 spiro atoms. The fourth-order valence-electron chi connectivity index (χ4n) is 1.19. The van der Waals surface area contributed by atoms with Crippen LogP contribution >= 0.6 is 0 Å². The van der Waals surface area contributed by atoms with Crippen molar-refractivity contribution >= 4 is 0 Å². The maximum absolute atomic E-state index is 8.85. The Morgan fingerprint density at radius 3 is 3.23 bits per heavy atom. The Kier molecular flexibility index (Phi) is 2.06. The van der Waals surface area contributed by atoms with Gasteiger partial charge >= 0.3 is 0 Å². The molecule has 1 unspecified atom stereocenters. The van der Waals surface area contributed by atoms with Crippen molar-refractivity contribution in [3.05, 3.63) is 17.8 Å². The molecule has 13 heavy (non-hydrogen) atoms. The Morgan fingerprint density at radius 2 is 2.46 bits per heavy atom. The molecule has 1 aromatic rings. The molecule has 0 aromatic carbocycles. The first-order chi connectivity index (χ1) is 6.29. The van der Waals surface area contributed by atoms with E-state index >= 15 is 0 Å². The minimum atomic E-state index is -0.267. The molecule has 2 heterocycles. The maximum atomic E-state index is 8.85. The highest BCUT2D eigenvalue weighted by atomic mass is 16.6. The second kappa shape index (κ2) is 3.22. The smallest absolute Gasteiger partial charge is 0.257 e. The van der Waals surface area contributed by atoms with E-state index in [4.69, 9.17) is 14.6 Å². The van der Waals surface area contributed by atoms with Crippen molar-refractivity contribution in [2.24, 2.45) is 0 Å². The normalized spacial score (nSPS) is 20.0. The second-order valence-electron chi connectivity index (χ2n) is 2.99. The Balaban J connectivity index is 2.26. The molecule has 1 atom stereocenters. The summed E-state index contributed by atoms with van der Waals surface area (Å²) < 4.78 is 10.7. The van der Waals surface area contributed by atoms with Crippen molar-refractivity contribution in [1.29, 1.82) is 0 Å². The number of aliphatic hydroxyl groups is 1. The standard InChI is InChI=1S/C9H11NO3/c1-6-2-3-8-9(10-6)12-5-7(4-11)13-8/h2-3,7,11H,4-5H2,1H3. The Morgan fingerprint density at radius 1 is 1.62 bits per heavy atom. The van der Waals surface area contributed by atoms with Gasteiger partial charge in [0.1, 0.15) is 6.61 Å². The number of rotatable bonds is 1. The third kappa shape index (κ3) is 1.58. The summed E-state index contributed by atoms with van der Waals surface area (Å²) in [6.07, 6.45) is -0.267. The molecule has 0 aliphatic carbocycles. The van der Waals surface area contributed by atoms with Crippen LogP contribution in [0.15, 0.2) is 12.1 Å². The van der Waals surface area contributed by atoms with Crippen molar-refractivity contribution in [2.75, 3.05) is 13.2 Å². The predicted octanol–water partition coefficient (Wildman–Crippen LogP) is 0.522. The molecule has 70 valence electrons. The third-order valence-electron chi connectivity index (χ3n) is 1.87. The fourth-order valence-corrected chi connectivity index (χ4v) is 1.19. The van der Waals surface area contributed by atoms with Gasteiger partial charge in [0.15, 0.2) is 11.9 Å². The number of fused-ring (bicyclic) bond motifs is 1. The monoisotopic (exact) mass is 181 g/mol. The molecular weight excluding hydrogens is 170 g/mol. The van der Waals surface area contributed by atoms with E-state index < -0.39 is 0 Å². The number of ether oxygens (including phenoxy) is 2. The van der Waals surface area contributed by atoms with Crippen LogP contribution in [0.2, 0.25) is 0 Å². The Bertz CT molecular complexity index is 314. The molecule has 0 amide bonds. The van der Waals surface area contributed by atoms with Gasteiger partial charge in [0, 0.05) is 5.69 Å². The Hall–Kier alpha value is -1.29. The van der Waals surface area contributed by atoms with E-state index in [1.54, 1.807) is 6.07 Å². The van der Waals surface area contributed by atoms with Gasteiger partial charge in [-0.3, -0.25) is 0 Å². The number of aryl methyl sites for hydroxylation is 1. The highest BCUT2D eigenvalue weighted by Gasteiger charge is 2.20. The lowest BCUT2D eigenvalue weighted by Gasteiger charge is -2.24. The highest BCUT2D eigenvalue weighted by Crippen LogP contribution is 2.29. The van der Waals surface area contributed by atoms with E-state index in [0.29, 0.717) is 18.2 Å². The van der Waals surface area contributed by atoms with Gasteiger partial charge in [-0.1, -0.05) is 0 Å². The van der Waals surface area contributed by atoms with E-state index in [1.165, 1.54) is 0 Å². The van der Waals surface area contributed by atoms with Crippen LogP contribution in [0.5, 0.6) is 11.6 Å². The van der Waals surface area contributed by atoms with Gasteiger partial charge in [0.05, 0.1) is 6.61 Å². The summed E-state index contributed by atoms with van der Waals surface area (Å²) in [7, 11) is 0. The summed E-state index contributed by atoms with van der Waals surface area (Å²) in [5, 5.41) is 8.85. The minimum Gasteiger partial charge on any atom is -0.479 e. The highest BCUT2D eigenvalue weighted by molar-refractivity contribution is 5.35. The van der Waals surface area contributed by atoms with Crippen molar-refractivity contribution in [3.63, 3.8) is 0 Å². The van der Waals surface area contributed by atoms with Crippen molar-refractivity contribution < 1.29 is 14.6 Å². The molecule has 1 aliphatic rings. The maximum Gasteiger partial charge on any atom is 0.257 e. The zero-order valence-electron chi connectivity index (χ0n) is 7.36. The van der Waals surface area contributed by atoms with Gasteiger partial charge in [-0.25, -0.2) is 4.98 Å². The lowest BCUT2D eigenvalue weighted by atomic mass is 10.3. The zero-order chi connectivity index (χ0) is 9.26. The fraction of sp³-hybridized carbons (Fsp3) is 0.444. The van der Waals surface area contributed by atoms with Crippen molar-refractivity contribution in [2.45, 2.75) is 13.0 Å². The van der Waals surface area contributed by atoms with Gasteiger partial charge < -0.3 is 14.6 Å². The van der Waals surface area contributed by atoms with Crippen LogP contribution < -0.4 is 9.47 Å². The summed E-state index contributed by atoms with van der Waals surface area (Å²) in [6, 6.07) is 3.65. The van der Waals surface area contributed by atoms with E-state index in [1.807, 2.05) is 13.0 Å². The average molecular weight is 181 g/mol. The average Bonchev–Trinajstić information content (AvgIpc) is 2.17. The quantitative estimate of drug-likeness (QED) is 0.686. The first-order valence-corrected chi connectivity index (χ1v) is 4.17. The molecule has 0 saturated carbocycles. The van der Waals surface area contributed by atoms with E-state index in [9.17, 15) is 0 Å². The second-order valence-corrected chi connectivity index (χ2v) is 2.99. The number of pyridine rings is 1. The minimum absolute atomic E-state index is 0.0344. The third-order valence-corrected chi connectivity index (χ3v) is 1.87. The number of hydrogen-bond donors (Lipinski definition) is 1. The molecule has 4 nitrogen and oxygen atoms in total. The molecule has 1 N–H and O–H groups in total. The Labute approximate surface area is 76.1 Å². The van der Waals surface area contributed by atoms with Gasteiger partial charge in [-0.05, 0) is 19.1 Å². The summed E-state index contributed by atoms with van der Waals surface area (Å²) in [5.74, 6) is 1.13. The number of aromatic nitrogens is 1. The van der Waals surface area contributed by atoms with Crippen LogP contribution in [0.4, 0.5) is 0 Å². The largest absolute Gasteiger partial charge is 0.479 e. The molecule has 0 saturated heterocycles. The van der Waals surface area contributed by atoms with Crippen LogP contribution in [0.25, 0.3) is 0 Å². The van der Waals surface area contributed by atoms with Gasteiger partial charge in [0.25, 0.3) is 5.88 Å². The van der Waals surface area contributed by atoms with Crippen LogP contribution in [0, 0.1) is 6.92 Å². The summed E-state index contributed by atoms with van der Waals surface area (Å²) in [6.45, 7) is 2.22. The number of aliphatic hydroxyl groups excluding tert-OH is 1. The first kappa shape index (κ1) is 8.31. The number of hydrogen-bond acceptors (Lipinski definition) is 4. The lowest BCUT2D eigenvalue weighted by Crippen LogP contribution is -2.32. The summed E-state index contributed by atoms with van der Waals surface area (Å²) in [5.41, 5.74) is 0.893. The van der Waals surface area contributed by atoms with Crippen LogP contribution in [0.3, 0.4) is 0 Å². The number of nitrogens with zero attached hydrogens (tertiary/aromatic N) is 1.